The predicted octanol–water partition coefficient (Wildman–Crippen LogP) is 2.30. The van der Waals surface area contributed by atoms with E-state index in [-0.39, 0.29) is 13.2 Å². The van der Waals surface area contributed by atoms with Crippen LogP contribution in [-0.2, 0) is 6.61 Å². The normalized spacial score (nSPS) is 11.9. The van der Waals surface area contributed by atoms with Crippen LogP contribution in [0.2, 0.25) is 0 Å². The molecule has 0 heterocycles. The molecule has 0 aliphatic heterocycles. The number of ether oxygens (including phenoxy) is 2. The van der Waals surface area contributed by atoms with E-state index in [2.05, 4.69) is 0 Å². The highest BCUT2D eigenvalue weighted by molar-refractivity contribution is 5.31. The van der Waals surface area contributed by atoms with Crippen LogP contribution in [0.1, 0.15) is 17.2 Å². The quantitative estimate of drug-likeness (QED) is 0.848. The largest absolute Gasteiger partial charge is 0.497 e. The van der Waals surface area contributed by atoms with Crippen molar-refractivity contribution >= 4 is 0 Å². The van der Waals surface area contributed by atoms with E-state index < -0.39 is 6.10 Å². The van der Waals surface area contributed by atoms with Gasteiger partial charge in [0.05, 0.1) is 13.7 Å². The molecule has 2 rings (SSSR count). The SMILES string of the molecule is COc1cccc(C(O)COc2cccc(CO)c2)c1. The van der Waals surface area contributed by atoms with Crippen molar-refractivity contribution in [2.45, 2.75) is 12.7 Å². The third-order valence-corrected chi connectivity index (χ3v) is 2.97. The van der Waals surface area contributed by atoms with Gasteiger partial charge in [-0.15, -0.1) is 0 Å². The molecule has 0 radical (unpaired) electrons. The summed E-state index contributed by atoms with van der Waals surface area (Å²) in [5.74, 6) is 1.32. The summed E-state index contributed by atoms with van der Waals surface area (Å²) in [5.41, 5.74) is 1.51. The maximum Gasteiger partial charge on any atom is 0.119 e. The lowest BCUT2D eigenvalue weighted by Gasteiger charge is -2.14. The number of aliphatic hydroxyl groups is 2. The van der Waals surface area contributed by atoms with Gasteiger partial charge in [-0.3, -0.25) is 0 Å². The first-order valence-corrected chi connectivity index (χ1v) is 6.37. The third-order valence-electron chi connectivity index (χ3n) is 2.97. The van der Waals surface area contributed by atoms with E-state index in [1.165, 1.54) is 0 Å². The van der Waals surface area contributed by atoms with E-state index in [1.54, 1.807) is 31.4 Å². The van der Waals surface area contributed by atoms with Crippen molar-refractivity contribution in [2.75, 3.05) is 13.7 Å². The van der Waals surface area contributed by atoms with Crippen molar-refractivity contribution in [1.82, 2.24) is 0 Å². The van der Waals surface area contributed by atoms with E-state index in [9.17, 15) is 5.11 Å². The van der Waals surface area contributed by atoms with Crippen LogP contribution in [0.3, 0.4) is 0 Å². The molecule has 2 aromatic carbocycles. The Balaban J connectivity index is 1.98. The Hall–Kier alpha value is -2.04. The first-order chi connectivity index (χ1) is 9.72. The van der Waals surface area contributed by atoms with E-state index in [0.717, 1.165) is 11.1 Å². The zero-order valence-corrected chi connectivity index (χ0v) is 11.3. The molecule has 2 N–H and O–H groups in total. The topological polar surface area (TPSA) is 58.9 Å². The fourth-order valence-electron chi connectivity index (χ4n) is 1.85. The molecule has 20 heavy (non-hydrogen) atoms. The van der Waals surface area contributed by atoms with Crippen molar-refractivity contribution in [2.24, 2.45) is 0 Å². The highest BCUT2D eigenvalue weighted by atomic mass is 16.5. The molecule has 0 aliphatic rings. The van der Waals surface area contributed by atoms with Crippen molar-refractivity contribution in [3.63, 3.8) is 0 Å². The molecule has 0 saturated carbocycles. The summed E-state index contributed by atoms with van der Waals surface area (Å²) in [6.07, 6.45) is -0.733. The van der Waals surface area contributed by atoms with E-state index in [4.69, 9.17) is 14.6 Å². The molecule has 0 bridgehead atoms. The van der Waals surface area contributed by atoms with Crippen LogP contribution < -0.4 is 9.47 Å². The summed E-state index contributed by atoms with van der Waals surface area (Å²) in [6.45, 7) is 0.109. The second-order valence-electron chi connectivity index (χ2n) is 4.41. The minimum atomic E-state index is -0.733. The minimum absolute atomic E-state index is 0.0321. The maximum absolute atomic E-state index is 10.1. The van der Waals surface area contributed by atoms with Crippen LogP contribution in [0.5, 0.6) is 11.5 Å². The van der Waals surface area contributed by atoms with Crippen molar-refractivity contribution in [1.29, 1.82) is 0 Å². The van der Waals surface area contributed by atoms with Crippen LogP contribution in [0.4, 0.5) is 0 Å². The van der Waals surface area contributed by atoms with Gasteiger partial charge in [-0.2, -0.15) is 0 Å². The van der Waals surface area contributed by atoms with Gasteiger partial charge in [0.2, 0.25) is 0 Å². The van der Waals surface area contributed by atoms with Gasteiger partial charge in [-0.05, 0) is 35.4 Å². The summed E-state index contributed by atoms with van der Waals surface area (Å²) in [7, 11) is 1.59. The Morgan fingerprint density at radius 2 is 1.80 bits per heavy atom. The number of aliphatic hydroxyl groups excluding tert-OH is 2. The zero-order valence-electron chi connectivity index (χ0n) is 11.3. The Kier molecular flexibility index (Phi) is 4.98. The molecule has 106 valence electrons. The lowest BCUT2D eigenvalue weighted by molar-refractivity contribution is 0.108. The monoisotopic (exact) mass is 274 g/mol. The maximum atomic E-state index is 10.1. The molecule has 0 spiro atoms. The number of hydrogen-bond acceptors (Lipinski definition) is 4. The van der Waals surface area contributed by atoms with Gasteiger partial charge in [0, 0.05) is 0 Å². The lowest BCUT2D eigenvalue weighted by atomic mass is 10.1. The third kappa shape index (κ3) is 3.73. The molecule has 1 unspecified atom stereocenters. The highest BCUT2D eigenvalue weighted by Gasteiger charge is 2.09. The molecule has 2 aromatic rings. The van der Waals surface area contributed by atoms with Crippen molar-refractivity contribution in [3.05, 3.63) is 59.7 Å². The van der Waals surface area contributed by atoms with Gasteiger partial charge in [-0.1, -0.05) is 24.3 Å². The first-order valence-electron chi connectivity index (χ1n) is 6.37. The van der Waals surface area contributed by atoms with Crippen molar-refractivity contribution < 1.29 is 19.7 Å². The number of methoxy groups -OCH3 is 1. The molecule has 0 amide bonds. The number of benzene rings is 2. The Morgan fingerprint density at radius 3 is 2.55 bits per heavy atom. The average Bonchev–Trinajstić information content (AvgIpc) is 2.52. The van der Waals surface area contributed by atoms with E-state index >= 15 is 0 Å². The summed E-state index contributed by atoms with van der Waals surface area (Å²) < 4.78 is 10.7. The van der Waals surface area contributed by atoms with Crippen LogP contribution in [0.25, 0.3) is 0 Å². The molecule has 0 saturated heterocycles. The molecule has 0 fully saturated rings. The Bertz CT molecular complexity index is 554. The summed E-state index contributed by atoms with van der Waals surface area (Å²) in [6, 6.07) is 14.4. The van der Waals surface area contributed by atoms with Gasteiger partial charge < -0.3 is 19.7 Å². The molecule has 1 atom stereocenters. The highest BCUT2D eigenvalue weighted by Crippen LogP contribution is 2.21. The molecular formula is C16H18O4. The van der Waals surface area contributed by atoms with Gasteiger partial charge in [0.1, 0.15) is 24.2 Å². The van der Waals surface area contributed by atoms with Gasteiger partial charge >= 0.3 is 0 Å². The second kappa shape index (κ2) is 6.93. The molecule has 4 nitrogen and oxygen atoms in total. The fraction of sp³-hybridized carbons (Fsp3) is 0.250. The first kappa shape index (κ1) is 14.4. The molecule has 4 heteroatoms. The van der Waals surface area contributed by atoms with Crippen LogP contribution in [0, 0.1) is 0 Å². The summed E-state index contributed by atoms with van der Waals surface area (Å²) in [5, 5.41) is 19.2. The predicted molar refractivity (Wildman–Crippen MR) is 75.8 cm³/mol. The second-order valence-corrected chi connectivity index (χ2v) is 4.41. The Morgan fingerprint density at radius 1 is 1.05 bits per heavy atom. The number of hydrogen-bond donors (Lipinski definition) is 2. The van der Waals surface area contributed by atoms with Crippen LogP contribution in [0.15, 0.2) is 48.5 Å². The van der Waals surface area contributed by atoms with Gasteiger partial charge in [0.15, 0.2) is 0 Å². The minimum Gasteiger partial charge on any atom is -0.497 e. The lowest BCUT2D eigenvalue weighted by Crippen LogP contribution is -2.09. The van der Waals surface area contributed by atoms with Crippen molar-refractivity contribution in [3.8, 4) is 11.5 Å². The van der Waals surface area contributed by atoms with Crippen LogP contribution in [-0.4, -0.2) is 23.9 Å². The zero-order chi connectivity index (χ0) is 14.4. The van der Waals surface area contributed by atoms with E-state index in [1.807, 2.05) is 24.3 Å². The Labute approximate surface area is 118 Å². The number of rotatable bonds is 6. The molecular weight excluding hydrogens is 256 g/mol. The standard InChI is InChI=1S/C16H18O4/c1-19-14-6-3-5-13(9-14)16(18)11-20-15-7-2-4-12(8-15)10-17/h2-9,16-18H,10-11H2,1H3. The molecule has 0 aromatic heterocycles. The van der Waals surface area contributed by atoms with Gasteiger partial charge in [-0.25, -0.2) is 0 Å². The fourth-order valence-corrected chi connectivity index (χ4v) is 1.85. The smallest absolute Gasteiger partial charge is 0.119 e. The molecule has 0 aliphatic carbocycles. The average molecular weight is 274 g/mol. The van der Waals surface area contributed by atoms with E-state index in [0.29, 0.717) is 11.5 Å². The summed E-state index contributed by atoms with van der Waals surface area (Å²) in [4.78, 5) is 0. The van der Waals surface area contributed by atoms with Crippen LogP contribution >= 0.6 is 0 Å². The van der Waals surface area contributed by atoms with Gasteiger partial charge in [0.25, 0.3) is 0 Å². The summed E-state index contributed by atoms with van der Waals surface area (Å²) >= 11 is 0.